The molecule has 0 aliphatic heterocycles. The van der Waals surface area contributed by atoms with Gasteiger partial charge in [-0.2, -0.15) is 0 Å². The second-order valence-electron chi connectivity index (χ2n) is 2.66. The normalized spacial score (nSPS) is 10.9. The predicted molar refractivity (Wildman–Crippen MR) is 56.2 cm³/mol. The van der Waals surface area contributed by atoms with E-state index in [1.807, 2.05) is 30.3 Å². The highest BCUT2D eigenvalue weighted by molar-refractivity contribution is 5.93. The molecule has 0 aromatic heterocycles. The van der Waals surface area contributed by atoms with E-state index in [1.165, 1.54) is 14.2 Å². The molecule has 0 unspecified atom stereocenters. The van der Waals surface area contributed by atoms with E-state index in [-0.39, 0.29) is 5.90 Å². The van der Waals surface area contributed by atoms with Crippen molar-refractivity contribution in [3.8, 4) is 0 Å². The van der Waals surface area contributed by atoms with Crippen LogP contribution < -0.4 is 0 Å². The van der Waals surface area contributed by atoms with Crippen molar-refractivity contribution in [2.45, 2.75) is 0 Å². The zero-order valence-electron chi connectivity index (χ0n) is 8.28. The third-order valence-electron chi connectivity index (χ3n) is 1.75. The minimum atomic E-state index is 0.0244. The molecule has 0 aliphatic carbocycles. The van der Waals surface area contributed by atoms with E-state index < -0.39 is 0 Å². The fourth-order valence-electron chi connectivity index (χ4n) is 1.02. The molecule has 0 fully saturated rings. The molecule has 3 heteroatoms. The topological polar surface area (TPSA) is 42.3 Å². The van der Waals surface area contributed by atoms with Crippen LogP contribution in [0.1, 0.15) is 5.56 Å². The van der Waals surface area contributed by atoms with Crippen molar-refractivity contribution in [1.82, 2.24) is 0 Å². The molecule has 0 amide bonds. The number of rotatable bonds is 3. The van der Waals surface area contributed by atoms with Gasteiger partial charge in [0.25, 0.3) is 0 Å². The van der Waals surface area contributed by atoms with E-state index in [9.17, 15) is 0 Å². The van der Waals surface area contributed by atoms with Gasteiger partial charge >= 0.3 is 0 Å². The molecule has 0 atom stereocenters. The fraction of sp³-hybridized carbons (Fsp3) is 0.182. The SMILES string of the molecule is COC(=N)C(=Cc1ccccc1)OC. The molecule has 0 saturated heterocycles. The quantitative estimate of drug-likeness (QED) is 0.452. The van der Waals surface area contributed by atoms with Crippen LogP contribution in [0.3, 0.4) is 0 Å². The molecule has 0 saturated carbocycles. The highest BCUT2D eigenvalue weighted by Crippen LogP contribution is 2.08. The van der Waals surface area contributed by atoms with Crippen molar-refractivity contribution in [3.63, 3.8) is 0 Å². The summed E-state index contributed by atoms with van der Waals surface area (Å²) in [4.78, 5) is 0. The zero-order valence-corrected chi connectivity index (χ0v) is 8.28. The first kappa shape index (κ1) is 10.3. The molecule has 1 rings (SSSR count). The minimum Gasteiger partial charge on any atom is -0.491 e. The fourth-order valence-corrected chi connectivity index (χ4v) is 1.02. The van der Waals surface area contributed by atoms with Crippen LogP contribution in [-0.2, 0) is 9.47 Å². The average molecular weight is 191 g/mol. The van der Waals surface area contributed by atoms with E-state index in [1.54, 1.807) is 6.08 Å². The maximum Gasteiger partial charge on any atom is 0.249 e. The molecule has 1 N–H and O–H groups in total. The summed E-state index contributed by atoms with van der Waals surface area (Å²) in [5, 5.41) is 7.43. The monoisotopic (exact) mass is 191 g/mol. The summed E-state index contributed by atoms with van der Waals surface area (Å²) in [6.45, 7) is 0. The summed E-state index contributed by atoms with van der Waals surface area (Å²) in [5.74, 6) is 0.440. The number of methoxy groups -OCH3 is 2. The Morgan fingerprint density at radius 2 is 1.79 bits per heavy atom. The molecule has 74 valence electrons. The summed E-state index contributed by atoms with van der Waals surface area (Å²) in [7, 11) is 2.96. The minimum absolute atomic E-state index is 0.0244. The van der Waals surface area contributed by atoms with Crippen molar-refractivity contribution < 1.29 is 9.47 Å². The van der Waals surface area contributed by atoms with Crippen molar-refractivity contribution in [1.29, 1.82) is 5.41 Å². The van der Waals surface area contributed by atoms with Crippen LogP contribution in [0.15, 0.2) is 36.1 Å². The number of hydrogen-bond donors (Lipinski definition) is 1. The molecule has 0 spiro atoms. The Balaban J connectivity index is 2.89. The standard InChI is InChI=1S/C11H13NO2/c1-13-10(11(12)14-2)8-9-6-4-3-5-7-9/h3-8,12H,1-2H3. The first-order chi connectivity index (χ1) is 6.77. The molecule has 0 radical (unpaired) electrons. The first-order valence-electron chi connectivity index (χ1n) is 4.21. The van der Waals surface area contributed by atoms with Gasteiger partial charge in [0.1, 0.15) is 0 Å². The molecule has 0 aliphatic rings. The predicted octanol–water partition coefficient (Wildman–Crippen LogP) is 2.30. The molecular formula is C11H13NO2. The van der Waals surface area contributed by atoms with Gasteiger partial charge in [0.2, 0.25) is 5.90 Å². The van der Waals surface area contributed by atoms with Crippen molar-refractivity contribution in [2.24, 2.45) is 0 Å². The second-order valence-corrected chi connectivity index (χ2v) is 2.66. The van der Waals surface area contributed by atoms with Gasteiger partial charge in [0.05, 0.1) is 14.2 Å². The molecule has 1 aromatic rings. The lowest BCUT2D eigenvalue weighted by Crippen LogP contribution is -2.05. The van der Waals surface area contributed by atoms with E-state index in [0.717, 1.165) is 5.56 Å². The van der Waals surface area contributed by atoms with Crippen molar-refractivity contribution in [2.75, 3.05) is 14.2 Å². The maximum atomic E-state index is 7.43. The van der Waals surface area contributed by atoms with Crippen LogP contribution in [0.2, 0.25) is 0 Å². The molecule has 0 bridgehead atoms. The van der Waals surface area contributed by atoms with E-state index in [2.05, 4.69) is 0 Å². The lowest BCUT2D eigenvalue weighted by molar-refractivity contribution is 0.287. The van der Waals surface area contributed by atoms with Gasteiger partial charge in [-0.3, -0.25) is 5.41 Å². The van der Waals surface area contributed by atoms with Crippen LogP contribution in [0.4, 0.5) is 0 Å². The molecular weight excluding hydrogens is 178 g/mol. The Kier molecular flexibility index (Phi) is 3.73. The van der Waals surface area contributed by atoms with Crippen LogP contribution in [0.5, 0.6) is 0 Å². The smallest absolute Gasteiger partial charge is 0.249 e. The van der Waals surface area contributed by atoms with Gasteiger partial charge in [0.15, 0.2) is 5.76 Å². The van der Waals surface area contributed by atoms with Gasteiger partial charge in [-0.1, -0.05) is 30.3 Å². The van der Waals surface area contributed by atoms with Gasteiger partial charge in [-0.15, -0.1) is 0 Å². The van der Waals surface area contributed by atoms with Crippen LogP contribution in [0.25, 0.3) is 6.08 Å². The largest absolute Gasteiger partial charge is 0.491 e. The second kappa shape index (κ2) is 5.07. The highest BCUT2D eigenvalue weighted by Gasteiger charge is 2.04. The van der Waals surface area contributed by atoms with E-state index in [4.69, 9.17) is 14.9 Å². The molecule has 3 nitrogen and oxygen atoms in total. The van der Waals surface area contributed by atoms with Gasteiger partial charge in [-0.25, -0.2) is 0 Å². The van der Waals surface area contributed by atoms with E-state index in [0.29, 0.717) is 5.76 Å². The Labute approximate surface area is 83.5 Å². The summed E-state index contributed by atoms with van der Waals surface area (Å²) in [6, 6.07) is 9.65. The van der Waals surface area contributed by atoms with Gasteiger partial charge in [-0.05, 0) is 11.6 Å². The van der Waals surface area contributed by atoms with Crippen molar-refractivity contribution >= 4 is 12.0 Å². The number of ether oxygens (including phenoxy) is 2. The van der Waals surface area contributed by atoms with Crippen LogP contribution >= 0.6 is 0 Å². The first-order valence-corrected chi connectivity index (χ1v) is 4.21. The Morgan fingerprint density at radius 3 is 2.29 bits per heavy atom. The Bertz CT molecular complexity index is 330. The van der Waals surface area contributed by atoms with Crippen LogP contribution in [0, 0.1) is 5.41 Å². The summed E-state index contributed by atoms with van der Waals surface area (Å²) in [5.41, 5.74) is 0.978. The third kappa shape index (κ3) is 2.62. The maximum absolute atomic E-state index is 7.43. The lowest BCUT2D eigenvalue weighted by Gasteiger charge is -2.05. The lowest BCUT2D eigenvalue weighted by atomic mass is 10.2. The van der Waals surface area contributed by atoms with Gasteiger partial charge in [0, 0.05) is 0 Å². The van der Waals surface area contributed by atoms with Crippen molar-refractivity contribution in [3.05, 3.63) is 41.7 Å². The molecule has 1 aromatic carbocycles. The Morgan fingerprint density at radius 1 is 1.14 bits per heavy atom. The Hall–Kier alpha value is -1.77. The third-order valence-corrected chi connectivity index (χ3v) is 1.75. The number of hydrogen-bond acceptors (Lipinski definition) is 3. The zero-order chi connectivity index (χ0) is 10.4. The summed E-state index contributed by atoms with van der Waals surface area (Å²) >= 11 is 0. The number of benzene rings is 1. The molecule has 14 heavy (non-hydrogen) atoms. The van der Waals surface area contributed by atoms with Gasteiger partial charge < -0.3 is 9.47 Å². The van der Waals surface area contributed by atoms with E-state index >= 15 is 0 Å². The summed E-state index contributed by atoms with van der Waals surface area (Å²) < 4.78 is 9.78. The summed E-state index contributed by atoms with van der Waals surface area (Å²) in [6.07, 6.45) is 1.76. The van der Waals surface area contributed by atoms with Crippen LogP contribution in [-0.4, -0.2) is 20.1 Å². The highest BCUT2D eigenvalue weighted by atomic mass is 16.5. The molecule has 0 heterocycles. The average Bonchev–Trinajstić information content (AvgIpc) is 2.26. The number of nitrogens with one attached hydrogen (secondary N) is 1.